The third kappa shape index (κ3) is 5.85. The van der Waals surface area contributed by atoms with E-state index in [-0.39, 0.29) is 30.0 Å². The second-order valence-corrected chi connectivity index (χ2v) is 13.4. The minimum absolute atomic E-state index is 0.0527. The zero-order valence-corrected chi connectivity index (χ0v) is 24.2. The highest BCUT2D eigenvalue weighted by atomic mass is 19.4. The van der Waals surface area contributed by atoms with Crippen molar-refractivity contribution >= 4 is 5.52 Å². The molecule has 4 heterocycles. The van der Waals surface area contributed by atoms with Crippen LogP contribution in [0, 0.1) is 29.6 Å². The number of rotatable bonds is 7. The van der Waals surface area contributed by atoms with Gasteiger partial charge in [0, 0.05) is 38.1 Å². The van der Waals surface area contributed by atoms with Gasteiger partial charge in [0.1, 0.15) is 0 Å². The third-order valence-electron chi connectivity index (χ3n) is 10.4. The minimum Gasteiger partial charge on any atom is -0.396 e. The molecule has 41 heavy (non-hydrogen) atoms. The summed E-state index contributed by atoms with van der Waals surface area (Å²) in [4.78, 5) is 18.2. The van der Waals surface area contributed by atoms with Crippen LogP contribution in [0.3, 0.4) is 0 Å². The molecule has 4 fully saturated rings. The van der Waals surface area contributed by atoms with Gasteiger partial charge in [-0.25, -0.2) is 15.6 Å². The molecule has 5 atom stereocenters. The number of nitrogens with one attached hydrogen (secondary N) is 2. The summed E-state index contributed by atoms with van der Waals surface area (Å²) in [6.07, 6.45) is 6.43. The van der Waals surface area contributed by atoms with Gasteiger partial charge in [-0.3, -0.25) is 18.8 Å². The van der Waals surface area contributed by atoms with Crippen molar-refractivity contribution in [1.82, 2.24) is 29.6 Å². The first-order chi connectivity index (χ1) is 19.6. The number of fused-ring (bicyclic) bond motifs is 1. The summed E-state index contributed by atoms with van der Waals surface area (Å²) in [5, 5.41) is 9.64. The van der Waals surface area contributed by atoms with Crippen molar-refractivity contribution in [3.05, 3.63) is 40.1 Å². The fourth-order valence-electron chi connectivity index (χ4n) is 8.35. The number of piperidine rings is 1. The van der Waals surface area contributed by atoms with E-state index >= 15 is 0 Å². The first-order valence-electron chi connectivity index (χ1n) is 15.5. The van der Waals surface area contributed by atoms with Gasteiger partial charge in [-0.1, -0.05) is 13.3 Å². The first-order valence-corrected chi connectivity index (χ1v) is 15.5. The molecule has 0 amide bonds. The van der Waals surface area contributed by atoms with Crippen LogP contribution in [0.5, 0.6) is 0 Å². The fraction of sp³-hybridized carbons (Fsp3) is 0.767. The molecule has 2 saturated carbocycles. The molecule has 2 aliphatic heterocycles. The Labute approximate surface area is 239 Å². The topological polar surface area (TPSA) is 77.2 Å². The first kappa shape index (κ1) is 29.2. The minimum atomic E-state index is -4.55. The van der Waals surface area contributed by atoms with Crippen molar-refractivity contribution in [2.75, 3.05) is 33.4 Å². The summed E-state index contributed by atoms with van der Waals surface area (Å²) < 4.78 is 45.8. The number of aliphatic hydroxyl groups excluding tert-OH is 1. The number of nitrogens with zero attached hydrogens (tertiary/aromatic N) is 4. The molecular weight excluding hydrogens is 533 g/mol. The summed E-state index contributed by atoms with van der Waals surface area (Å²) in [5.41, 5.74) is 6.09. The molecule has 228 valence electrons. The molecule has 0 radical (unpaired) electrons. The number of alkyl halides is 3. The Kier molecular flexibility index (Phi) is 8.28. The van der Waals surface area contributed by atoms with E-state index in [0.29, 0.717) is 41.7 Å². The van der Waals surface area contributed by atoms with Crippen molar-refractivity contribution in [3.63, 3.8) is 0 Å². The molecule has 0 bridgehead atoms. The molecule has 0 spiro atoms. The summed E-state index contributed by atoms with van der Waals surface area (Å²) in [6.45, 7) is 5.29. The van der Waals surface area contributed by atoms with Gasteiger partial charge in [0.15, 0.2) is 0 Å². The molecule has 3 unspecified atom stereocenters. The number of imidazole rings is 1. The summed E-state index contributed by atoms with van der Waals surface area (Å²) in [6, 6.07) is 1.12. The van der Waals surface area contributed by atoms with Crippen molar-refractivity contribution in [1.29, 1.82) is 0 Å². The quantitative estimate of drug-likeness (QED) is 0.461. The number of aromatic nitrogens is 2. The van der Waals surface area contributed by atoms with E-state index in [1.807, 2.05) is 0 Å². The second-order valence-electron chi connectivity index (χ2n) is 13.4. The maximum absolute atomic E-state index is 14.3. The maximum atomic E-state index is 14.3. The molecule has 4 aliphatic rings. The average Bonchev–Trinajstić information content (AvgIpc) is 3.47. The monoisotopic (exact) mass is 578 g/mol. The molecule has 3 N–H and O–H groups in total. The zero-order valence-electron chi connectivity index (χ0n) is 24.2. The van der Waals surface area contributed by atoms with E-state index in [4.69, 9.17) is 0 Å². The summed E-state index contributed by atoms with van der Waals surface area (Å²) >= 11 is 0. The van der Waals surface area contributed by atoms with Crippen LogP contribution in [0.4, 0.5) is 13.2 Å². The fourth-order valence-corrected chi connectivity index (χ4v) is 8.35. The van der Waals surface area contributed by atoms with Gasteiger partial charge in [0.2, 0.25) is 0 Å². The van der Waals surface area contributed by atoms with Gasteiger partial charge >= 0.3 is 11.9 Å². The largest absolute Gasteiger partial charge is 0.418 e. The lowest BCUT2D eigenvalue weighted by atomic mass is 9.61. The molecule has 2 saturated heterocycles. The van der Waals surface area contributed by atoms with Crippen LogP contribution < -0.4 is 16.5 Å². The van der Waals surface area contributed by atoms with Gasteiger partial charge in [-0.2, -0.15) is 13.2 Å². The van der Waals surface area contributed by atoms with E-state index < -0.39 is 11.7 Å². The van der Waals surface area contributed by atoms with Crippen LogP contribution in [0.15, 0.2) is 23.3 Å². The standard InChI is InChI=1S/C30H45F3N6O2/c1-19-5-4-8-37(13-19)14-21-11-25(30(31,32)33)26-16-38(29(41)39(26)15-21)24-7-3-6-22(12-24)27(23-9-20(10-23)17-40)28-35-34-18-36(28)2/h11,15-16,19-20,22-24,27-28,34-35,40H,3-10,12-14,17-18H2,1-2H3/t19-,20?,22?,23?,24?,27-,28?/m0/s1. The number of likely N-dealkylation sites (tertiary alicyclic amines) is 1. The predicted molar refractivity (Wildman–Crippen MR) is 151 cm³/mol. The number of hydrogen-bond acceptors (Lipinski definition) is 6. The number of halogens is 3. The zero-order chi connectivity index (χ0) is 28.9. The number of hydrogen-bond donors (Lipinski definition) is 3. The van der Waals surface area contributed by atoms with E-state index in [9.17, 15) is 23.1 Å². The molecule has 0 aromatic carbocycles. The van der Waals surface area contributed by atoms with Crippen LogP contribution in [-0.4, -0.2) is 63.5 Å². The smallest absolute Gasteiger partial charge is 0.396 e. The Morgan fingerprint density at radius 2 is 1.90 bits per heavy atom. The molecule has 2 aromatic heterocycles. The van der Waals surface area contributed by atoms with Crippen LogP contribution in [0.2, 0.25) is 0 Å². The predicted octanol–water partition coefficient (Wildman–Crippen LogP) is 4.04. The number of aliphatic hydroxyl groups is 1. The van der Waals surface area contributed by atoms with E-state index in [2.05, 4.69) is 34.6 Å². The van der Waals surface area contributed by atoms with Crippen LogP contribution in [-0.2, 0) is 12.7 Å². The lowest BCUT2D eigenvalue weighted by molar-refractivity contribution is -0.136. The van der Waals surface area contributed by atoms with Gasteiger partial charge < -0.3 is 5.11 Å². The Morgan fingerprint density at radius 1 is 1.10 bits per heavy atom. The average molecular weight is 579 g/mol. The van der Waals surface area contributed by atoms with E-state index in [1.54, 1.807) is 10.8 Å². The SMILES string of the molecule is C[C@H]1CCCN(Cc2cc(C(F)(F)F)c3cn(C4CCCC([C@@H](C5CC(CO)C5)C5NNCN5C)C4)c(=O)n3c2)C1. The van der Waals surface area contributed by atoms with Crippen LogP contribution in [0.25, 0.3) is 5.52 Å². The molecule has 11 heteroatoms. The molecule has 6 rings (SSSR count). The summed E-state index contributed by atoms with van der Waals surface area (Å²) in [5.74, 6) is 2.04. The maximum Gasteiger partial charge on any atom is 0.418 e. The van der Waals surface area contributed by atoms with Gasteiger partial charge in [-0.15, -0.1) is 0 Å². The van der Waals surface area contributed by atoms with Crippen molar-refractivity contribution in [2.45, 2.75) is 83.2 Å². The van der Waals surface area contributed by atoms with E-state index in [1.165, 1.54) is 16.7 Å². The second kappa shape index (κ2) is 11.6. The summed E-state index contributed by atoms with van der Waals surface area (Å²) in [7, 11) is 2.10. The Balaban J connectivity index is 1.29. The highest BCUT2D eigenvalue weighted by Gasteiger charge is 2.46. The van der Waals surface area contributed by atoms with Gasteiger partial charge in [0.25, 0.3) is 0 Å². The van der Waals surface area contributed by atoms with Crippen LogP contribution in [0.1, 0.15) is 75.5 Å². The number of pyridine rings is 1. The van der Waals surface area contributed by atoms with Crippen molar-refractivity contribution in [2.24, 2.45) is 29.6 Å². The Hall–Kier alpha value is -1.92. The normalized spacial score (nSPS) is 32.8. The van der Waals surface area contributed by atoms with Crippen LogP contribution >= 0.6 is 0 Å². The van der Waals surface area contributed by atoms with E-state index in [0.717, 1.165) is 71.1 Å². The molecule has 2 aromatic rings. The molecular formula is C30H45F3N6O2. The highest BCUT2D eigenvalue weighted by molar-refractivity contribution is 5.56. The molecule has 8 nitrogen and oxygen atoms in total. The highest BCUT2D eigenvalue weighted by Crippen LogP contribution is 2.48. The van der Waals surface area contributed by atoms with Crippen molar-refractivity contribution in [3.8, 4) is 0 Å². The third-order valence-corrected chi connectivity index (χ3v) is 10.4. The Bertz CT molecular complexity index is 1270. The number of hydrazine groups is 1. The van der Waals surface area contributed by atoms with Crippen molar-refractivity contribution < 1.29 is 18.3 Å². The lowest BCUT2D eigenvalue weighted by Crippen LogP contribution is -2.51. The Morgan fingerprint density at radius 3 is 2.59 bits per heavy atom. The molecule has 2 aliphatic carbocycles. The van der Waals surface area contributed by atoms with Gasteiger partial charge in [0.05, 0.1) is 23.9 Å². The lowest BCUT2D eigenvalue weighted by Gasteiger charge is -2.48. The van der Waals surface area contributed by atoms with Gasteiger partial charge in [-0.05, 0) is 99.8 Å².